The molecule has 2 aromatic carbocycles. The molecule has 4 rings (SSSR count). The van der Waals surface area contributed by atoms with E-state index in [1.165, 1.54) is 20.7 Å². The molecular weight excluding hydrogens is 431 g/mol. The van der Waals surface area contributed by atoms with Gasteiger partial charge in [-0.05, 0) is 43.3 Å². The molecule has 2 aliphatic heterocycles. The number of benzene rings is 2. The highest BCUT2D eigenvalue weighted by molar-refractivity contribution is 7.89. The minimum absolute atomic E-state index is 0.0105. The van der Waals surface area contributed by atoms with Crippen molar-refractivity contribution in [3.8, 4) is 0 Å². The van der Waals surface area contributed by atoms with Crippen LogP contribution in [0.3, 0.4) is 0 Å². The zero-order valence-corrected chi connectivity index (χ0v) is 18.1. The van der Waals surface area contributed by atoms with E-state index in [0.29, 0.717) is 0 Å². The summed E-state index contributed by atoms with van der Waals surface area (Å²) in [5.74, 6) is -0.511. The first-order valence-corrected chi connectivity index (χ1v) is 12.5. The van der Waals surface area contributed by atoms with Gasteiger partial charge in [-0.1, -0.05) is 17.7 Å². The predicted octanol–water partition coefficient (Wildman–Crippen LogP) is 2.34. The fourth-order valence-electron chi connectivity index (χ4n) is 4.00. The number of hydrogen-bond donors (Lipinski definition) is 0. The molecule has 0 bridgehead atoms. The van der Waals surface area contributed by atoms with E-state index >= 15 is 0 Å². The molecule has 7 nitrogen and oxygen atoms in total. The first-order chi connectivity index (χ1) is 14.1. The molecule has 0 unspecified atom stereocenters. The summed E-state index contributed by atoms with van der Waals surface area (Å²) >= 11 is 0. The van der Waals surface area contributed by atoms with E-state index in [0.717, 1.165) is 17.7 Å². The van der Waals surface area contributed by atoms with Crippen LogP contribution in [0.2, 0.25) is 0 Å². The maximum Gasteiger partial charge on any atom is 0.245 e. The Morgan fingerprint density at radius 2 is 1.37 bits per heavy atom. The van der Waals surface area contributed by atoms with E-state index in [4.69, 9.17) is 4.74 Å². The van der Waals surface area contributed by atoms with Gasteiger partial charge in [0.05, 0.1) is 16.4 Å². The smallest absolute Gasteiger partial charge is 0.245 e. The average molecular weight is 455 g/mol. The lowest BCUT2D eigenvalue weighted by atomic mass is 10.0. The van der Waals surface area contributed by atoms with Gasteiger partial charge >= 0.3 is 0 Å². The van der Waals surface area contributed by atoms with Gasteiger partial charge < -0.3 is 4.74 Å². The molecule has 1 spiro atoms. The van der Waals surface area contributed by atoms with Crippen LogP contribution in [0.4, 0.5) is 4.39 Å². The number of ether oxygens (including phenoxy) is 1. The summed E-state index contributed by atoms with van der Waals surface area (Å²) in [5.41, 5.74) is -0.0981. The van der Waals surface area contributed by atoms with Gasteiger partial charge in [0.25, 0.3) is 0 Å². The number of hydrogen-bond acceptors (Lipinski definition) is 5. The van der Waals surface area contributed by atoms with Gasteiger partial charge in [0.15, 0.2) is 0 Å². The quantitative estimate of drug-likeness (QED) is 0.708. The largest absolute Gasteiger partial charge is 0.358 e. The monoisotopic (exact) mass is 454 g/mol. The fraction of sp³-hybridized carbons (Fsp3) is 0.400. The minimum Gasteiger partial charge on any atom is -0.358 e. The summed E-state index contributed by atoms with van der Waals surface area (Å²) in [6.45, 7) is 2.59. The van der Waals surface area contributed by atoms with Crippen LogP contribution in [0, 0.1) is 12.7 Å². The molecule has 0 aliphatic carbocycles. The van der Waals surface area contributed by atoms with Crippen LogP contribution < -0.4 is 0 Å². The van der Waals surface area contributed by atoms with Gasteiger partial charge in [0, 0.05) is 32.5 Å². The highest BCUT2D eigenvalue weighted by Crippen LogP contribution is 2.39. The van der Waals surface area contributed by atoms with E-state index in [1.54, 1.807) is 24.3 Å². The van der Waals surface area contributed by atoms with Crippen molar-refractivity contribution in [2.75, 3.05) is 26.2 Å². The van der Waals surface area contributed by atoms with Gasteiger partial charge in [0.1, 0.15) is 11.5 Å². The average Bonchev–Trinajstić information content (AvgIpc) is 3.13. The molecule has 2 aromatic rings. The Morgan fingerprint density at radius 1 is 0.833 bits per heavy atom. The molecule has 2 aliphatic rings. The van der Waals surface area contributed by atoms with E-state index in [-0.39, 0.29) is 48.9 Å². The summed E-state index contributed by atoms with van der Waals surface area (Å²) in [6.07, 6.45) is 0.442. The molecule has 0 radical (unpaired) electrons. The van der Waals surface area contributed by atoms with Crippen LogP contribution in [-0.2, 0) is 24.8 Å². The van der Waals surface area contributed by atoms with Gasteiger partial charge in [-0.2, -0.15) is 8.61 Å². The fourth-order valence-corrected chi connectivity index (χ4v) is 7.16. The lowest BCUT2D eigenvalue weighted by molar-refractivity contribution is -0.0806. The Morgan fingerprint density at radius 3 is 1.97 bits per heavy atom. The Balaban J connectivity index is 1.55. The van der Waals surface area contributed by atoms with Crippen LogP contribution >= 0.6 is 0 Å². The number of aryl methyl sites for hydroxylation is 1. The maximum atomic E-state index is 13.2. The third kappa shape index (κ3) is 3.67. The summed E-state index contributed by atoms with van der Waals surface area (Å²) in [7, 11) is -7.57. The van der Waals surface area contributed by atoms with Crippen molar-refractivity contribution in [2.24, 2.45) is 0 Å². The Hall–Kier alpha value is -1.85. The molecule has 2 heterocycles. The summed E-state index contributed by atoms with van der Waals surface area (Å²) in [6, 6.07) is 11.3. The van der Waals surface area contributed by atoms with Crippen molar-refractivity contribution in [3.63, 3.8) is 0 Å². The van der Waals surface area contributed by atoms with Crippen LogP contribution in [-0.4, -0.2) is 57.4 Å². The van der Waals surface area contributed by atoms with Gasteiger partial charge in [-0.25, -0.2) is 21.2 Å². The standard InChI is InChI=1S/C20H23FN2O5S2/c1-16-2-6-19(7-3-16)30(26,27)23-14-15-28-20(23)10-12-22(13-11-20)29(24,25)18-8-4-17(21)5-9-18/h2-9H,10-15H2,1H3. The molecule has 0 atom stereocenters. The zero-order chi connectivity index (χ0) is 21.6. The van der Waals surface area contributed by atoms with Crippen LogP contribution in [0.1, 0.15) is 18.4 Å². The summed E-state index contributed by atoms with van der Waals surface area (Å²) in [4.78, 5) is 0.204. The van der Waals surface area contributed by atoms with Crippen LogP contribution in [0.15, 0.2) is 58.3 Å². The third-order valence-electron chi connectivity index (χ3n) is 5.68. The molecule has 0 saturated carbocycles. The van der Waals surface area contributed by atoms with E-state index < -0.39 is 31.6 Å². The molecule has 2 fully saturated rings. The van der Waals surface area contributed by atoms with Gasteiger partial charge in [-0.3, -0.25) is 0 Å². The number of sulfonamides is 2. The first-order valence-electron chi connectivity index (χ1n) is 9.64. The van der Waals surface area contributed by atoms with E-state index in [9.17, 15) is 21.2 Å². The van der Waals surface area contributed by atoms with Crippen LogP contribution in [0.25, 0.3) is 0 Å². The Kier molecular flexibility index (Phi) is 5.48. The minimum atomic E-state index is -3.79. The molecule has 162 valence electrons. The number of rotatable bonds is 4. The second-order valence-electron chi connectivity index (χ2n) is 7.54. The Bertz CT molecular complexity index is 1120. The van der Waals surface area contributed by atoms with Crippen molar-refractivity contribution >= 4 is 20.0 Å². The topological polar surface area (TPSA) is 84.0 Å². The molecule has 30 heavy (non-hydrogen) atoms. The first kappa shape index (κ1) is 21.4. The van der Waals surface area contributed by atoms with Crippen molar-refractivity contribution in [1.29, 1.82) is 0 Å². The lowest BCUT2D eigenvalue weighted by Crippen LogP contribution is -2.55. The number of piperidine rings is 1. The molecule has 10 heteroatoms. The Labute approximate surface area is 176 Å². The van der Waals surface area contributed by atoms with Crippen LogP contribution in [0.5, 0.6) is 0 Å². The summed E-state index contributed by atoms with van der Waals surface area (Å²) < 4.78 is 73.9. The number of halogens is 1. The molecule has 0 amide bonds. The second-order valence-corrected chi connectivity index (χ2v) is 11.3. The maximum absolute atomic E-state index is 13.2. The highest BCUT2D eigenvalue weighted by Gasteiger charge is 2.51. The lowest BCUT2D eigenvalue weighted by Gasteiger charge is -2.42. The molecule has 0 aromatic heterocycles. The van der Waals surface area contributed by atoms with Crippen molar-refractivity contribution < 1.29 is 26.0 Å². The normalized spacial score (nSPS) is 20.6. The van der Waals surface area contributed by atoms with Crippen molar-refractivity contribution in [2.45, 2.75) is 35.3 Å². The van der Waals surface area contributed by atoms with E-state index in [2.05, 4.69) is 0 Å². The van der Waals surface area contributed by atoms with Gasteiger partial charge in [-0.15, -0.1) is 0 Å². The highest BCUT2D eigenvalue weighted by atomic mass is 32.2. The zero-order valence-electron chi connectivity index (χ0n) is 16.5. The van der Waals surface area contributed by atoms with Crippen molar-refractivity contribution in [1.82, 2.24) is 8.61 Å². The molecule has 2 saturated heterocycles. The third-order valence-corrected chi connectivity index (χ3v) is 9.56. The molecule has 0 N–H and O–H groups in total. The SMILES string of the molecule is Cc1ccc(S(=O)(=O)N2CCOC23CCN(S(=O)(=O)c2ccc(F)cc2)CC3)cc1. The van der Waals surface area contributed by atoms with Gasteiger partial charge in [0.2, 0.25) is 20.0 Å². The number of nitrogens with zero attached hydrogens (tertiary/aromatic N) is 2. The van der Waals surface area contributed by atoms with Crippen molar-refractivity contribution in [3.05, 3.63) is 59.9 Å². The van der Waals surface area contributed by atoms with E-state index in [1.807, 2.05) is 6.92 Å². The predicted molar refractivity (Wildman–Crippen MR) is 108 cm³/mol. The summed E-state index contributed by atoms with van der Waals surface area (Å²) in [5, 5.41) is 0. The second kappa shape index (κ2) is 7.69. The molecular formula is C20H23FN2O5S2.